The molecule has 5 heteroatoms. The highest BCUT2D eigenvalue weighted by molar-refractivity contribution is 6.77. The summed E-state index contributed by atoms with van der Waals surface area (Å²) >= 11 is 0. The molecular weight excluding hydrogens is 452 g/mol. The van der Waals surface area contributed by atoms with Crippen molar-refractivity contribution >= 4 is 14.0 Å². The van der Waals surface area contributed by atoms with E-state index in [0.29, 0.717) is 11.3 Å². The van der Waals surface area contributed by atoms with Crippen molar-refractivity contribution in [3.05, 3.63) is 54.1 Å². The zero-order valence-corrected chi connectivity index (χ0v) is 23.6. The molecule has 0 aliphatic rings. The number of carbonyl (C=O) groups excluding carboxylic acids is 1. The number of rotatable bonds is 17. The van der Waals surface area contributed by atoms with Gasteiger partial charge in [0.25, 0.3) is 0 Å². The number of hydrogen-bond donors (Lipinski definition) is 0. The normalized spacial score (nSPS) is 12.3. The van der Waals surface area contributed by atoms with Gasteiger partial charge < -0.3 is 14.2 Å². The van der Waals surface area contributed by atoms with Crippen LogP contribution < -0.4 is 14.2 Å². The summed E-state index contributed by atoms with van der Waals surface area (Å²) in [5.74, 6) is 1.76. The molecule has 0 saturated heterocycles. The number of benzene rings is 2. The molecule has 0 N–H and O–H groups in total. The molecule has 0 heterocycles. The molecule has 0 radical (unpaired) electrons. The maximum atomic E-state index is 12.6. The first-order valence-corrected chi connectivity index (χ1v) is 17.1. The first-order chi connectivity index (χ1) is 16.8. The highest BCUT2D eigenvalue weighted by Gasteiger charge is 2.28. The van der Waals surface area contributed by atoms with Crippen LogP contribution in [0.2, 0.25) is 19.6 Å². The average molecular weight is 499 g/mol. The Labute approximate surface area is 214 Å². The smallest absolute Gasteiger partial charge is 0.343 e. The molecule has 35 heavy (non-hydrogen) atoms. The van der Waals surface area contributed by atoms with E-state index in [0.717, 1.165) is 30.9 Å². The second-order valence-corrected chi connectivity index (χ2v) is 15.8. The van der Waals surface area contributed by atoms with Gasteiger partial charge >= 0.3 is 5.97 Å². The molecule has 0 amide bonds. The van der Waals surface area contributed by atoms with Crippen LogP contribution in [-0.2, 0) is 0 Å². The molecule has 2 aromatic carbocycles. The van der Waals surface area contributed by atoms with E-state index in [1.807, 2.05) is 24.3 Å². The zero-order chi connectivity index (χ0) is 25.5. The number of carbonyl (C=O) groups is 1. The molecule has 4 nitrogen and oxygen atoms in total. The van der Waals surface area contributed by atoms with Crippen molar-refractivity contribution in [2.75, 3.05) is 6.61 Å². The fraction of sp³-hybridized carbons (Fsp3) is 0.567. The van der Waals surface area contributed by atoms with Crippen molar-refractivity contribution in [3.63, 3.8) is 0 Å². The van der Waals surface area contributed by atoms with Crippen molar-refractivity contribution in [3.8, 4) is 17.2 Å². The molecule has 194 valence electrons. The number of unbranched alkanes of at least 4 members (excludes halogenated alkanes) is 7. The zero-order valence-electron chi connectivity index (χ0n) is 22.6. The molecule has 0 fully saturated rings. The van der Waals surface area contributed by atoms with Gasteiger partial charge in [0.1, 0.15) is 17.2 Å². The predicted octanol–water partition coefficient (Wildman–Crippen LogP) is 8.85. The van der Waals surface area contributed by atoms with Crippen molar-refractivity contribution in [1.82, 2.24) is 0 Å². The van der Waals surface area contributed by atoms with Gasteiger partial charge in [0.05, 0.1) is 26.0 Å². The lowest BCUT2D eigenvalue weighted by atomic mass is 10.1. The van der Waals surface area contributed by atoms with E-state index in [4.69, 9.17) is 14.2 Å². The van der Waals surface area contributed by atoms with E-state index >= 15 is 0 Å². The standard InChI is InChI=1S/C30H46O4Si/c1-6-8-10-11-12-14-24-32-26-20-22-28(23-21-26)34-30(31)25-16-18-27(19-17-25)33-29(35(3,4)5)15-13-9-7-2/h16-23,29H,6-15,24H2,1-5H3. The summed E-state index contributed by atoms with van der Waals surface area (Å²) in [5.41, 5.74) is 0.782. The van der Waals surface area contributed by atoms with Crippen LogP contribution in [0.4, 0.5) is 0 Å². The van der Waals surface area contributed by atoms with Crippen LogP contribution in [0.15, 0.2) is 48.5 Å². The fourth-order valence-corrected chi connectivity index (χ4v) is 5.48. The van der Waals surface area contributed by atoms with E-state index in [1.165, 1.54) is 51.4 Å². The third kappa shape index (κ3) is 11.3. The highest BCUT2D eigenvalue weighted by Crippen LogP contribution is 2.24. The molecule has 0 spiro atoms. The van der Waals surface area contributed by atoms with Gasteiger partial charge in [-0.2, -0.15) is 0 Å². The second kappa shape index (κ2) is 15.7. The van der Waals surface area contributed by atoms with Gasteiger partial charge in [0.2, 0.25) is 0 Å². The minimum Gasteiger partial charge on any atom is -0.494 e. The third-order valence-corrected chi connectivity index (χ3v) is 8.54. The van der Waals surface area contributed by atoms with E-state index in [2.05, 4.69) is 33.5 Å². The Kier molecular flexibility index (Phi) is 13.0. The van der Waals surface area contributed by atoms with Gasteiger partial charge in [-0.25, -0.2) is 4.79 Å². The van der Waals surface area contributed by atoms with Crippen molar-refractivity contribution in [2.24, 2.45) is 0 Å². The molecule has 0 aliphatic carbocycles. The van der Waals surface area contributed by atoms with Crippen LogP contribution in [0, 0.1) is 0 Å². The largest absolute Gasteiger partial charge is 0.494 e. The Morgan fingerprint density at radius 3 is 1.89 bits per heavy atom. The van der Waals surface area contributed by atoms with Gasteiger partial charge in [-0.3, -0.25) is 0 Å². The summed E-state index contributed by atoms with van der Waals surface area (Å²) < 4.78 is 17.7. The lowest BCUT2D eigenvalue weighted by Crippen LogP contribution is -2.42. The number of ether oxygens (including phenoxy) is 3. The van der Waals surface area contributed by atoms with Crippen LogP contribution in [0.25, 0.3) is 0 Å². The Morgan fingerprint density at radius 2 is 1.26 bits per heavy atom. The molecule has 2 rings (SSSR count). The lowest BCUT2D eigenvalue weighted by Gasteiger charge is -2.29. The van der Waals surface area contributed by atoms with Crippen molar-refractivity contribution < 1.29 is 19.0 Å². The first kappa shape index (κ1) is 29.0. The topological polar surface area (TPSA) is 44.8 Å². The average Bonchev–Trinajstić information content (AvgIpc) is 2.84. The van der Waals surface area contributed by atoms with E-state index < -0.39 is 8.07 Å². The molecule has 2 aromatic rings. The van der Waals surface area contributed by atoms with Gasteiger partial charge in [0, 0.05) is 0 Å². The van der Waals surface area contributed by atoms with Gasteiger partial charge in [-0.05, 0) is 61.4 Å². The van der Waals surface area contributed by atoms with Crippen LogP contribution in [0.5, 0.6) is 17.2 Å². The summed E-state index contributed by atoms with van der Waals surface area (Å²) in [6.45, 7) is 12.2. The summed E-state index contributed by atoms with van der Waals surface area (Å²) in [6.07, 6.45) is 12.2. The Hall–Kier alpha value is -2.27. The van der Waals surface area contributed by atoms with Gasteiger partial charge in [-0.15, -0.1) is 0 Å². The lowest BCUT2D eigenvalue weighted by molar-refractivity contribution is 0.0734. The van der Waals surface area contributed by atoms with Gasteiger partial charge in [0.15, 0.2) is 0 Å². The van der Waals surface area contributed by atoms with E-state index in [-0.39, 0.29) is 11.7 Å². The predicted molar refractivity (Wildman–Crippen MR) is 149 cm³/mol. The van der Waals surface area contributed by atoms with Crippen molar-refractivity contribution in [1.29, 1.82) is 0 Å². The Bertz CT molecular complexity index is 840. The molecule has 0 bridgehead atoms. The quantitative estimate of drug-likeness (QED) is 0.0945. The molecule has 1 unspecified atom stereocenters. The molecule has 1 atom stereocenters. The summed E-state index contributed by atoms with van der Waals surface area (Å²) in [7, 11) is -1.45. The van der Waals surface area contributed by atoms with Crippen LogP contribution >= 0.6 is 0 Å². The van der Waals surface area contributed by atoms with E-state index in [1.54, 1.807) is 24.3 Å². The highest BCUT2D eigenvalue weighted by atomic mass is 28.3. The SMILES string of the molecule is CCCCCCCCOc1ccc(OC(=O)c2ccc(OC(CCCCC)[Si](C)(C)C)cc2)cc1. The third-order valence-electron chi connectivity index (χ3n) is 6.21. The maximum Gasteiger partial charge on any atom is 0.343 e. The minimum absolute atomic E-state index is 0.272. The van der Waals surface area contributed by atoms with Crippen LogP contribution in [0.1, 0.15) is 88.4 Å². The minimum atomic E-state index is -1.45. The molecule has 0 aliphatic heterocycles. The fourth-order valence-electron chi connectivity index (χ4n) is 3.92. The maximum absolute atomic E-state index is 12.6. The molecule has 0 aromatic heterocycles. The summed E-state index contributed by atoms with van der Waals surface area (Å²) in [4.78, 5) is 12.6. The Balaban J connectivity index is 1.81. The second-order valence-electron chi connectivity index (χ2n) is 10.5. The number of esters is 1. The molecular formula is C30H46O4Si. The first-order valence-electron chi connectivity index (χ1n) is 13.5. The van der Waals surface area contributed by atoms with Gasteiger partial charge in [-0.1, -0.05) is 84.9 Å². The van der Waals surface area contributed by atoms with Crippen LogP contribution in [0.3, 0.4) is 0 Å². The Morgan fingerprint density at radius 1 is 0.714 bits per heavy atom. The van der Waals surface area contributed by atoms with E-state index in [9.17, 15) is 4.79 Å². The summed E-state index contributed by atoms with van der Waals surface area (Å²) in [5, 5.41) is 0. The van der Waals surface area contributed by atoms with Crippen molar-refractivity contribution in [2.45, 2.75) is 103 Å². The van der Waals surface area contributed by atoms with Crippen LogP contribution in [-0.4, -0.2) is 26.4 Å². The monoisotopic (exact) mass is 498 g/mol. The number of hydrogen-bond acceptors (Lipinski definition) is 4. The molecule has 0 saturated carbocycles. The summed E-state index contributed by atoms with van der Waals surface area (Å²) in [6, 6.07) is 14.6.